The maximum absolute atomic E-state index is 12.6. The number of hydrogen-bond donors (Lipinski definition) is 1. The zero-order valence-corrected chi connectivity index (χ0v) is 13.1. The average molecular weight is 301 g/mol. The molecule has 21 heavy (non-hydrogen) atoms. The van der Waals surface area contributed by atoms with Crippen LogP contribution in [0, 0.1) is 5.92 Å². The van der Waals surface area contributed by atoms with Crippen molar-refractivity contribution < 1.29 is 4.79 Å². The molecule has 4 unspecified atom stereocenters. The Kier molecular flexibility index (Phi) is 2.84. The minimum absolute atomic E-state index is 0.00157. The Morgan fingerprint density at radius 2 is 2.43 bits per heavy atom. The number of thiazole rings is 1. The van der Waals surface area contributed by atoms with Gasteiger partial charge in [0.25, 0.3) is 5.91 Å². The predicted molar refractivity (Wildman–Crippen MR) is 84.6 cm³/mol. The van der Waals surface area contributed by atoms with E-state index in [2.05, 4.69) is 29.0 Å². The molecule has 0 spiro atoms. The lowest BCUT2D eigenvalue weighted by Gasteiger charge is -2.25. The number of aromatic nitrogens is 1. The molecule has 2 saturated heterocycles. The molecule has 2 aromatic rings. The van der Waals surface area contributed by atoms with E-state index in [-0.39, 0.29) is 11.9 Å². The van der Waals surface area contributed by atoms with Gasteiger partial charge < -0.3 is 5.32 Å². The Hall–Kier alpha value is -1.46. The van der Waals surface area contributed by atoms with Crippen molar-refractivity contribution in [2.45, 2.75) is 31.8 Å². The van der Waals surface area contributed by atoms with Gasteiger partial charge in [-0.3, -0.25) is 9.69 Å². The zero-order chi connectivity index (χ0) is 14.6. The Balaban J connectivity index is 1.54. The minimum Gasteiger partial charge on any atom is -0.349 e. The van der Waals surface area contributed by atoms with Crippen molar-refractivity contribution in [3.8, 4) is 0 Å². The van der Waals surface area contributed by atoms with Crippen LogP contribution in [0.1, 0.15) is 30.6 Å². The number of amides is 1. The van der Waals surface area contributed by atoms with E-state index in [4.69, 9.17) is 0 Å². The van der Waals surface area contributed by atoms with Gasteiger partial charge in [-0.15, -0.1) is 11.3 Å². The second-order valence-corrected chi connectivity index (χ2v) is 7.33. The van der Waals surface area contributed by atoms with Gasteiger partial charge in [0.2, 0.25) is 0 Å². The third kappa shape index (κ3) is 1.99. The molecule has 2 fully saturated rings. The van der Waals surface area contributed by atoms with E-state index in [9.17, 15) is 4.79 Å². The van der Waals surface area contributed by atoms with E-state index in [0.29, 0.717) is 17.0 Å². The molecule has 110 valence electrons. The number of benzene rings is 1. The third-order valence-electron chi connectivity index (χ3n) is 5.21. The molecule has 0 bridgehead atoms. The number of piperidine rings is 1. The molecule has 2 aliphatic heterocycles. The molecular weight excluding hydrogens is 282 g/mol. The summed E-state index contributed by atoms with van der Waals surface area (Å²) in [4.78, 5) is 19.4. The van der Waals surface area contributed by atoms with Crippen molar-refractivity contribution in [3.63, 3.8) is 0 Å². The highest BCUT2D eigenvalue weighted by atomic mass is 32.1. The highest BCUT2D eigenvalue weighted by Gasteiger charge is 2.58. The Morgan fingerprint density at radius 3 is 3.14 bits per heavy atom. The number of nitrogens with one attached hydrogen (secondary N) is 1. The van der Waals surface area contributed by atoms with E-state index in [1.807, 2.05) is 18.2 Å². The molecule has 5 heteroatoms. The first-order valence-corrected chi connectivity index (χ1v) is 8.36. The summed E-state index contributed by atoms with van der Waals surface area (Å²) < 4.78 is 1.07. The van der Waals surface area contributed by atoms with E-state index in [1.165, 1.54) is 19.5 Å². The maximum atomic E-state index is 12.6. The van der Waals surface area contributed by atoms with Crippen LogP contribution in [-0.4, -0.2) is 40.5 Å². The van der Waals surface area contributed by atoms with Gasteiger partial charge >= 0.3 is 0 Å². The minimum atomic E-state index is 0.00157. The zero-order valence-electron chi connectivity index (χ0n) is 12.3. The summed E-state index contributed by atoms with van der Waals surface area (Å²) in [5.74, 6) is 0.554. The Labute approximate surface area is 128 Å². The highest BCUT2D eigenvalue weighted by Crippen LogP contribution is 2.48. The Bertz CT molecular complexity index is 710. The molecule has 1 N–H and O–H groups in total. The fraction of sp³-hybridized carbons (Fsp3) is 0.500. The van der Waals surface area contributed by atoms with E-state index < -0.39 is 0 Å². The molecule has 2 aliphatic rings. The van der Waals surface area contributed by atoms with Crippen molar-refractivity contribution in [1.82, 2.24) is 15.2 Å². The van der Waals surface area contributed by atoms with Gasteiger partial charge in [-0.1, -0.05) is 6.07 Å². The molecule has 0 aliphatic carbocycles. The van der Waals surface area contributed by atoms with E-state index >= 15 is 0 Å². The number of nitrogens with zero attached hydrogens (tertiary/aromatic N) is 2. The lowest BCUT2D eigenvalue weighted by molar-refractivity contribution is 0.0924. The summed E-state index contributed by atoms with van der Waals surface area (Å²) in [6, 6.07) is 6.00. The van der Waals surface area contributed by atoms with E-state index in [1.54, 1.807) is 16.8 Å². The molecule has 0 radical (unpaired) electrons. The van der Waals surface area contributed by atoms with Crippen molar-refractivity contribution in [1.29, 1.82) is 0 Å². The van der Waals surface area contributed by atoms with Crippen LogP contribution in [0.25, 0.3) is 10.2 Å². The molecule has 4 atom stereocenters. The molecule has 0 saturated carbocycles. The van der Waals surface area contributed by atoms with Crippen molar-refractivity contribution in [2.75, 3.05) is 13.1 Å². The summed E-state index contributed by atoms with van der Waals surface area (Å²) >= 11 is 1.57. The lowest BCUT2D eigenvalue weighted by Crippen LogP contribution is -2.42. The summed E-state index contributed by atoms with van der Waals surface area (Å²) in [5.41, 5.74) is 3.62. The van der Waals surface area contributed by atoms with Crippen molar-refractivity contribution in [3.05, 3.63) is 29.3 Å². The monoisotopic (exact) mass is 301 g/mol. The second kappa shape index (κ2) is 4.52. The summed E-state index contributed by atoms with van der Waals surface area (Å²) in [7, 11) is 0. The first-order valence-electron chi connectivity index (χ1n) is 7.48. The summed E-state index contributed by atoms with van der Waals surface area (Å²) in [6.45, 7) is 6.80. The van der Waals surface area contributed by atoms with Crippen LogP contribution < -0.4 is 5.32 Å². The smallest absolute Gasteiger partial charge is 0.253 e. The molecule has 3 heterocycles. The van der Waals surface area contributed by atoms with Crippen molar-refractivity contribution >= 4 is 27.5 Å². The first kappa shape index (κ1) is 13.2. The van der Waals surface area contributed by atoms with Crippen LogP contribution in [0.5, 0.6) is 0 Å². The number of carbonyl (C=O) groups excluding carboxylic acids is 1. The van der Waals surface area contributed by atoms with Crippen LogP contribution >= 0.6 is 11.3 Å². The van der Waals surface area contributed by atoms with Crippen LogP contribution in [0.4, 0.5) is 0 Å². The van der Waals surface area contributed by atoms with Gasteiger partial charge in [-0.05, 0) is 44.9 Å². The topological polar surface area (TPSA) is 45.0 Å². The second-order valence-electron chi connectivity index (χ2n) is 6.44. The number of fused-ring (bicyclic) bond motifs is 2. The van der Waals surface area contributed by atoms with E-state index in [0.717, 1.165) is 10.2 Å². The lowest BCUT2D eigenvalue weighted by atomic mass is 9.86. The van der Waals surface area contributed by atoms with Crippen LogP contribution in [0.2, 0.25) is 0 Å². The van der Waals surface area contributed by atoms with Gasteiger partial charge in [0.1, 0.15) is 0 Å². The van der Waals surface area contributed by atoms with Gasteiger partial charge in [0.15, 0.2) is 0 Å². The molecular formula is C16H19N3OS. The predicted octanol–water partition coefficient (Wildman–Crippen LogP) is 2.51. The molecule has 4 rings (SSSR count). The first-order chi connectivity index (χ1) is 10.1. The normalized spacial score (nSPS) is 31.9. The van der Waals surface area contributed by atoms with Crippen molar-refractivity contribution in [2.24, 2.45) is 5.92 Å². The maximum Gasteiger partial charge on any atom is 0.253 e. The molecule has 1 aromatic heterocycles. The number of hydrogen-bond acceptors (Lipinski definition) is 4. The largest absolute Gasteiger partial charge is 0.349 e. The van der Waals surface area contributed by atoms with Crippen LogP contribution in [0.15, 0.2) is 23.7 Å². The summed E-state index contributed by atoms with van der Waals surface area (Å²) in [6.07, 6.45) is 1.18. The van der Waals surface area contributed by atoms with Gasteiger partial charge in [-0.2, -0.15) is 0 Å². The number of carbonyl (C=O) groups is 1. The van der Waals surface area contributed by atoms with Crippen LogP contribution in [0.3, 0.4) is 0 Å². The molecule has 1 aromatic carbocycles. The fourth-order valence-corrected chi connectivity index (χ4v) is 4.59. The van der Waals surface area contributed by atoms with Gasteiger partial charge in [0, 0.05) is 18.1 Å². The fourth-order valence-electron chi connectivity index (χ4n) is 3.89. The molecule has 1 amide bonds. The average Bonchev–Trinajstić information content (AvgIpc) is 2.85. The van der Waals surface area contributed by atoms with Gasteiger partial charge in [0.05, 0.1) is 21.3 Å². The van der Waals surface area contributed by atoms with Gasteiger partial charge in [-0.25, -0.2) is 4.98 Å². The SMILES string of the molecule is CC(NC(=O)c1cccc2scnc12)C1CCN2CC12C. The third-order valence-corrected chi connectivity index (χ3v) is 6.00. The Morgan fingerprint density at radius 1 is 1.57 bits per heavy atom. The quantitative estimate of drug-likeness (QED) is 0.886. The molecule has 4 nitrogen and oxygen atoms in total. The number of rotatable bonds is 3. The standard InChI is InChI=1S/C16H19N3OS/c1-10(12-6-7-19-8-16(12,19)2)18-15(20)11-4-3-5-13-14(11)17-9-21-13/h3-5,9-10,12H,6-8H2,1-2H3,(H,18,20). The van der Waals surface area contributed by atoms with Crippen LogP contribution in [-0.2, 0) is 0 Å². The summed E-state index contributed by atoms with van der Waals surface area (Å²) in [5, 5.41) is 3.20. The highest BCUT2D eigenvalue weighted by molar-refractivity contribution is 7.16. The number of para-hydroxylation sites is 1.